The van der Waals surface area contributed by atoms with Crippen LogP contribution in [0.3, 0.4) is 0 Å². The Morgan fingerprint density at radius 3 is 2.31 bits per heavy atom. The molecule has 0 saturated carbocycles. The lowest BCUT2D eigenvalue weighted by Gasteiger charge is -2.12. The molecule has 0 aliphatic carbocycles. The molecule has 2 amide bonds. The van der Waals surface area contributed by atoms with Crippen LogP contribution in [0.1, 0.15) is 31.1 Å². The van der Waals surface area contributed by atoms with Gasteiger partial charge in [0.05, 0.1) is 22.1 Å². The summed E-state index contributed by atoms with van der Waals surface area (Å²) in [5.74, 6) is -2.59. The van der Waals surface area contributed by atoms with E-state index in [9.17, 15) is 24.0 Å². The Hall–Kier alpha value is -4.08. The number of carbonyl (C=O) groups is 3. The summed E-state index contributed by atoms with van der Waals surface area (Å²) in [5, 5.41) is 0.301. The van der Waals surface area contributed by atoms with E-state index in [1.165, 1.54) is 12.1 Å². The molecule has 1 aliphatic heterocycles. The summed E-state index contributed by atoms with van der Waals surface area (Å²) in [6, 6.07) is 7.18. The molecule has 3 heterocycles. The van der Waals surface area contributed by atoms with Gasteiger partial charge in [0.1, 0.15) is 5.65 Å². The van der Waals surface area contributed by atoms with E-state index in [0.717, 1.165) is 12.3 Å². The fourth-order valence-corrected chi connectivity index (χ4v) is 2.54. The molecule has 128 valence electrons. The quantitative estimate of drug-likeness (QED) is 0.617. The van der Waals surface area contributed by atoms with Crippen LogP contribution in [0.4, 0.5) is 0 Å². The molecule has 0 bridgehead atoms. The Bertz CT molecular complexity index is 1190. The van der Waals surface area contributed by atoms with Crippen molar-refractivity contribution >= 4 is 28.8 Å². The number of fused-ring (bicyclic) bond motifs is 2. The van der Waals surface area contributed by atoms with Gasteiger partial charge in [-0.1, -0.05) is 17.2 Å². The van der Waals surface area contributed by atoms with E-state index in [4.69, 9.17) is 4.84 Å². The third-order valence-corrected chi connectivity index (χ3v) is 3.76. The van der Waals surface area contributed by atoms with Gasteiger partial charge < -0.3 is 4.84 Å². The summed E-state index contributed by atoms with van der Waals surface area (Å²) >= 11 is 0. The van der Waals surface area contributed by atoms with Crippen LogP contribution in [-0.2, 0) is 4.84 Å². The highest BCUT2D eigenvalue weighted by Gasteiger charge is 2.38. The van der Waals surface area contributed by atoms with E-state index in [1.54, 1.807) is 12.1 Å². The Kier molecular flexibility index (Phi) is 3.26. The standard InChI is InChI=1S/C16H8N4O6/c21-12-10-5-7(6-17-11(10)18-16(25)19-12)15(24)26-20-13(22)8-3-1-2-4-9(8)14(20)23/h1-6H,(H2,17,18,19,21,25). The minimum Gasteiger partial charge on any atom is -0.324 e. The molecule has 26 heavy (non-hydrogen) atoms. The maximum Gasteiger partial charge on any atom is 0.365 e. The predicted octanol–water partition coefficient (Wildman–Crippen LogP) is -0.0206. The number of amides is 2. The maximum absolute atomic E-state index is 12.3. The molecule has 3 aromatic rings. The molecule has 0 atom stereocenters. The van der Waals surface area contributed by atoms with Crippen molar-refractivity contribution in [1.29, 1.82) is 0 Å². The lowest BCUT2D eigenvalue weighted by atomic mass is 10.1. The average molecular weight is 352 g/mol. The molecule has 10 nitrogen and oxygen atoms in total. The normalized spacial score (nSPS) is 13.2. The number of imide groups is 1. The smallest absolute Gasteiger partial charge is 0.324 e. The topological polar surface area (TPSA) is 142 Å². The van der Waals surface area contributed by atoms with E-state index in [1.807, 2.05) is 4.98 Å². The zero-order valence-corrected chi connectivity index (χ0v) is 12.8. The second kappa shape index (κ2) is 5.48. The summed E-state index contributed by atoms with van der Waals surface area (Å²) in [7, 11) is 0. The van der Waals surface area contributed by atoms with Gasteiger partial charge in [-0.2, -0.15) is 0 Å². The number of carbonyl (C=O) groups excluding carboxylic acids is 3. The SMILES string of the molecule is O=C(ON1C(=O)c2ccccc2C1=O)c1cnc2[nH]c(=O)[nH]c(=O)c2c1. The predicted molar refractivity (Wildman–Crippen MR) is 85.3 cm³/mol. The Labute approximate surface area is 143 Å². The summed E-state index contributed by atoms with van der Waals surface area (Å²) in [5.41, 5.74) is -1.43. The van der Waals surface area contributed by atoms with Gasteiger partial charge in [-0.25, -0.2) is 14.6 Å². The van der Waals surface area contributed by atoms with Crippen molar-refractivity contribution in [3.8, 4) is 0 Å². The monoisotopic (exact) mass is 352 g/mol. The molecule has 0 spiro atoms. The summed E-state index contributed by atoms with van der Waals surface area (Å²) in [6.45, 7) is 0. The van der Waals surface area contributed by atoms with Crippen LogP contribution in [0.15, 0.2) is 46.1 Å². The molecule has 2 N–H and O–H groups in total. The number of hydrogen-bond donors (Lipinski definition) is 2. The first-order valence-corrected chi connectivity index (χ1v) is 7.28. The summed E-state index contributed by atoms with van der Waals surface area (Å²) in [6.07, 6.45) is 1.05. The van der Waals surface area contributed by atoms with Crippen LogP contribution in [0.25, 0.3) is 11.0 Å². The molecule has 0 radical (unpaired) electrons. The lowest BCUT2D eigenvalue weighted by Crippen LogP contribution is -2.32. The number of H-pyrrole nitrogens is 2. The number of benzene rings is 1. The van der Waals surface area contributed by atoms with E-state index in [0.29, 0.717) is 5.06 Å². The van der Waals surface area contributed by atoms with Gasteiger partial charge in [-0.05, 0) is 18.2 Å². The lowest BCUT2D eigenvalue weighted by molar-refractivity contribution is -0.0584. The van der Waals surface area contributed by atoms with Crippen LogP contribution in [0.2, 0.25) is 0 Å². The Morgan fingerprint density at radius 2 is 1.65 bits per heavy atom. The molecule has 4 rings (SSSR count). The highest BCUT2D eigenvalue weighted by molar-refractivity contribution is 6.21. The zero-order chi connectivity index (χ0) is 18.4. The van der Waals surface area contributed by atoms with E-state index >= 15 is 0 Å². The first kappa shape index (κ1) is 15.4. The third kappa shape index (κ3) is 2.28. The van der Waals surface area contributed by atoms with Crippen LogP contribution < -0.4 is 11.2 Å². The van der Waals surface area contributed by atoms with Crippen molar-refractivity contribution in [2.24, 2.45) is 0 Å². The molecule has 2 aromatic heterocycles. The first-order valence-electron chi connectivity index (χ1n) is 7.28. The van der Waals surface area contributed by atoms with Crippen LogP contribution >= 0.6 is 0 Å². The summed E-state index contributed by atoms with van der Waals surface area (Å²) in [4.78, 5) is 72.7. The fraction of sp³-hybridized carbons (Fsp3) is 0. The van der Waals surface area contributed by atoms with Crippen molar-refractivity contribution in [3.63, 3.8) is 0 Å². The Morgan fingerprint density at radius 1 is 1.00 bits per heavy atom. The van der Waals surface area contributed by atoms with Gasteiger partial charge >= 0.3 is 11.7 Å². The highest BCUT2D eigenvalue weighted by atomic mass is 16.7. The largest absolute Gasteiger partial charge is 0.365 e. The average Bonchev–Trinajstić information content (AvgIpc) is 2.86. The number of nitrogens with zero attached hydrogens (tertiary/aromatic N) is 2. The zero-order valence-electron chi connectivity index (χ0n) is 12.8. The van der Waals surface area contributed by atoms with Gasteiger partial charge in [0.15, 0.2) is 0 Å². The second-order valence-electron chi connectivity index (χ2n) is 5.36. The van der Waals surface area contributed by atoms with Crippen molar-refractivity contribution < 1.29 is 19.2 Å². The molecule has 1 aliphatic rings. The van der Waals surface area contributed by atoms with Gasteiger partial charge in [-0.3, -0.25) is 24.4 Å². The molecule has 0 saturated heterocycles. The number of aromatic amines is 2. The number of nitrogens with one attached hydrogen (secondary N) is 2. The number of hydroxylamine groups is 2. The van der Waals surface area contributed by atoms with Crippen molar-refractivity contribution in [2.75, 3.05) is 0 Å². The molecular weight excluding hydrogens is 344 g/mol. The van der Waals surface area contributed by atoms with Crippen LogP contribution in [-0.4, -0.2) is 37.8 Å². The third-order valence-electron chi connectivity index (χ3n) is 3.76. The molecular formula is C16H8N4O6. The van der Waals surface area contributed by atoms with Gasteiger partial charge in [0.2, 0.25) is 0 Å². The summed E-state index contributed by atoms with van der Waals surface area (Å²) < 4.78 is 0. The van der Waals surface area contributed by atoms with E-state index < -0.39 is 29.0 Å². The molecule has 1 aromatic carbocycles. The second-order valence-corrected chi connectivity index (χ2v) is 5.36. The number of rotatable bonds is 2. The first-order chi connectivity index (χ1) is 12.5. The Balaban J connectivity index is 1.66. The van der Waals surface area contributed by atoms with Gasteiger partial charge in [0.25, 0.3) is 17.4 Å². The minimum atomic E-state index is -1.06. The van der Waals surface area contributed by atoms with Crippen molar-refractivity contribution in [3.05, 3.63) is 74.1 Å². The van der Waals surface area contributed by atoms with E-state index in [2.05, 4.69) is 9.97 Å². The van der Waals surface area contributed by atoms with Crippen molar-refractivity contribution in [1.82, 2.24) is 20.0 Å². The van der Waals surface area contributed by atoms with Crippen molar-refractivity contribution in [2.45, 2.75) is 0 Å². The highest BCUT2D eigenvalue weighted by Crippen LogP contribution is 2.23. The molecule has 0 fully saturated rings. The fourth-order valence-electron chi connectivity index (χ4n) is 2.54. The minimum absolute atomic E-state index is 0.0176. The van der Waals surface area contributed by atoms with Gasteiger partial charge in [-0.15, -0.1) is 0 Å². The van der Waals surface area contributed by atoms with E-state index in [-0.39, 0.29) is 27.7 Å². The number of pyridine rings is 1. The molecule has 10 heteroatoms. The maximum atomic E-state index is 12.3. The van der Waals surface area contributed by atoms with Crippen LogP contribution in [0, 0.1) is 0 Å². The molecule has 0 unspecified atom stereocenters. The number of hydrogen-bond acceptors (Lipinski definition) is 7. The number of aromatic nitrogens is 3. The van der Waals surface area contributed by atoms with Gasteiger partial charge in [0, 0.05) is 6.20 Å². The van der Waals surface area contributed by atoms with Crippen LogP contribution in [0.5, 0.6) is 0 Å².